The minimum Gasteiger partial charge on any atom is -0.468 e. The summed E-state index contributed by atoms with van der Waals surface area (Å²) in [6, 6.07) is 11.6. The van der Waals surface area contributed by atoms with Crippen molar-refractivity contribution in [2.24, 2.45) is 0 Å². The zero-order valence-corrected chi connectivity index (χ0v) is 14.2. The average molecular weight is 354 g/mol. The summed E-state index contributed by atoms with van der Waals surface area (Å²) in [5.41, 5.74) is 1.26. The third-order valence-corrected chi connectivity index (χ3v) is 5.04. The summed E-state index contributed by atoms with van der Waals surface area (Å²) in [5, 5.41) is 0.273. The molecule has 0 bridgehead atoms. The molecule has 0 aliphatic carbocycles. The second-order valence-electron chi connectivity index (χ2n) is 4.91. The predicted octanol–water partition coefficient (Wildman–Crippen LogP) is 2.84. The van der Waals surface area contributed by atoms with Gasteiger partial charge in [-0.05, 0) is 30.7 Å². The van der Waals surface area contributed by atoms with E-state index >= 15 is 0 Å². The van der Waals surface area contributed by atoms with Crippen molar-refractivity contribution in [3.05, 3.63) is 64.7 Å². The molecule has 0 saturated carbocycles. The molecule has 23 heavy (non-hydrogen) atoms. The Kier molecular flexibility index (Phi) is 5.41. The van der Waals surface area contributed by atoms with Crippen LogP contribution < -0.4 is 4.72 Å². The lowest BCUT2D eigenvalue weighted by atomic mass is 10.1. The van der Waals surface area contributed by atoms with Gasteiger partial charge in [-0.3, -0.25) is 0 Å². The molecule has 5 nitrogen and oxygen atoms in total. The van der Waals surface area contributed by atoms with Crippen LogP contribution in [0.5, 0.6) is 0 Å². The van der Waals surface area contributed by atoms with Crippen molar-refractivity contribution in [2.45, 2.75) is 17.9 Å². The minimum atomic E-state index is -3.91. The molecule has 2 aromatic rings. The van der Waals surface area contributed by atoms with Crippen molar-refractivity contribution in [2.75, 3.05) is 7.11 Å². The van der Waals surface area contributed by atoms with Gasteiger partial charge in [-0.25, -0.2) is 13.2 Å². The number of halogens is 1. The number of hydrogen-bond donors (Lipinski definition) is 1. The number of nitrogens with one attached hydrogen (secondary N) is 1. The SMILES string of the molecule is COC(=O)[C@@H](NS(=O)(=O)c1ccc(C)cc1)c1ccccc1Cl. The van der Waals surface area contributed by atoms with Crippen molar-refractivity contribution in [1.29, 1.82) is 0 Å². The van der Waals surface area contributed by atoms with Gasteiger partial charge >= 0.3 is 5.97 Å². The summed E-state index contributed by atoms with van der Waals surface area (Å²) in [6.45, 7) is 1.85. The lowest BCUT2D eigenvalue weighted by Crippen LogP contribution is -2.34. The number of carbonyl (C=O) groups excluding carboxylic acids is 1. The van der Waals surface area contributed by atoms with Crippen LogP contribution >= 0.6 is 11.6 Å². The van der Waals surface area contributed by atoms with Gasteiger partial charge in [0.25, 0.3) is 0 Å². The number of hydrogen-bond acceptors (Lipinski definition) is 4. The second-order valence-corrected chi connectivity index (χ2v) is 7.03. The third kappa shape index (κ3) is 4.10. The Morgan fingerprint density at radius 2 is 1.74 bits per heavy atom. The number of ether oxygens (including phenoxy) is 1. The van der Waals surface area contributed by atoms with Crippen LogP contribution in [0.1, 0.15) is 17.2 Å². The fourth-order valence-corrected chi connectivity index (χ4v) is 3.42. The van der Waals surface area contributed by atoms with Crippen LogP contribution in [0.4, 0.5) is 0 Å². The van der Waals surface area contributed by atoms with Crippen molar-refractivity contribution in [1.82, 2.24) is 4.72 Å². The molecular formula is C16H16ClNO4S. The molecule has 0 aliphatic rings. The Morgan fingerprint density at radius 1 is 1.13 bits per heavy atom. The maximum absolute atomic E-state index is 12.5. The van der Waals surface area contributed by atoms with Crippen LogP contribution in [0.2, 0.25) is 5.02 Å². The van der Waals surface area contributed by atoms with Crippen LogP contribution in [0.25, 0.3) is 0 Å². The highest BCUT2D eigenvalue weighted by Gasteiger charge is 2.29. The van der Waals surface area contributed by atoms with E-state index in [0.29, 0.717) is 5.56 Å². The summed E-state index contributed by atoms with van der Waals surface area (Å²) in [7, 11) is -2.72. The normalized spacial score (nSPS) is 12.7. The van der Waals surface area contributed by atoms with Gasteiger partial charge in [-0.15, -0.1) is 0 Å². The van der Waals surface area contributed by atoms with E-state index in [2.05, 4.69) is 4.72 Å². The summed E-state index contributed by atoms with van der Waals surface area (Å²) in [5.74, 6) is -0.742. The van der Waals surface area contributed by atoms with E-state index in [-0.39, 0.29) is 9.92 Å². The molecular weight excluding hydrogens is 338 g/mol. The van der Waals surface area contributed by atoms with Crippen LogP contribution in [-0.4, -0.2) is 21.5 Å². The highest BCUT2D eigenvalue weighted by Crippen LogP contribution is 2.25. The first-order valence-electron chi connectivity index (χ1n) is 6.76. The molecule has 0 unspecified atom stereocenters. The van der Waals surface area contributed by atoms with Crippen LogP contribution in [0.3, 0.4) is 0 Å². The maximum Gasteiger partial charge on any atom is 0.328 e. The number of rotatable bonds is 5. The number of aryl methyl sites for hydroxylation is 1. The number of methoxy groups -OCH3 is 1. The van der Waals surface area contributed by atoms with E-state index in [1.165, 1.54) is 19.2 Å². The first-order chi connectivity index (χ1) is 10.8. The van der Waals surface area contributed by atoms with Gasteiger partial charge in [-0.2, -0.15) is 4.72 Å². The van der Waals surface area contributed by atoms with Gasteiger partial charge in [0.1, 0.15) is 6.04 Å². The Balaban J connectivity index is 2.40. The molecule has 1 atom stereocenters. The van der Waals surface area contributed by atoms with Gasteiger partial charge in [0.05, 0.1) is 12.0 Å². The van der Waals surface area contributed by atoms with Crippen molar-refractivity contribution in [3.63, 3.8) is 0 Å². The van der Waals surface area contributed by atoms with Gasteiger partial charge in [0, 0.05) is 5.02 Å². The monoisotopic (exact) mass is 353 g/mol. The smallest absolute Gasteiger partial charge is 0.328 e. The van der Waals surface area contributed by atoms with E-state index in [0.717, 1.165) is 5.56 Å². The molecule has 2 aromatic carbocycles. The maximum atomic E-state index is 12.5. The van der Waals surface area contributed by atoms with Gasteiger partial charge in [0.15, 0.2) is 0 Å². The molecule has 0 radical (unpaired) electrons. The topological polar surface area (TPSA) is 72.5 Å². The molecule has 122 valence electrons. The molecule has 0 fully saturated rings. The van der Waals surface area contributed by atoms with Gasteiger partial charge < -0.3 is 4.74 Å². The fourth-order valence-electron chi connectivity index (χ4n) is 2.01. The van der Waals surface area contributed by atoms with Crippen molar-refractivity contribution < 1.29 is 17.9 Å². The largest absolute Gasteiger partial charge is 0.468 e. The zero-order valence-electron chi connectivity index (χ0n) is 12.6. The van der Waals surface area contributed by atoms with Gasteiger partial charge in [-0.1, -0.05) is 47.5 Å². The van der Waals surface area contributed by atoms with E-state index in [4.69, 9.17) is 16.3 Å². The molecule has 0 spiro atoms. The number of sulfonamides is 1. The van der Waals surface area contributed by atoms with Gasteiger partial charge in [0.2, 0.25) is 10.0 Å². The molecule has 0 amide bonds. The molecule has 0 aliphatic heterocycles. The summed E-state index contributed by atoms with van der Waals surface area (Å²) >= 11 is 6.07. The highest BCUT2D eigenvalue weighted by molar-refractivity contribution is 7.89. The number of carbonyl (C=O) groups is 1. The lowest BCUT2D eigenvalue weighted by Gasteiger charge is -2.18. The molecule has 0 aromatic heterocycles. The first kappa shape index (κ1) is 17.5. The van der Waals surface area contributed by atoms with Crippen molar-refractivity contribution >= 4 is 27.6 Å². The predicted molar refractivity (Wildman–Crippen MR) is 87.7 cm³/mol. The first-order valence-corrected chi connectivity index (χ1v) is 8.62. The second kappa shape index (κ2) is 7.12. The average Bonchev–Trinajstić information content (AvgIpc) is 2.53. The molecule has 0 heterocycles. The van der Waals surface area contributed by atoms with E-state index in [9.17, 15) is 13.2 Å². The zero-order chi connectivity index (χ0) is 17.0. The van der Waals surface area contributed by atoms with Crippen LogP contribution in [-0.2, 0) is 19.6 Å². The third-order valence-electron chi connectivity index (χ3n) is 3.26. The Hall–Kier alpha value is -1.89. The van der Waals surface area contributed by atoms with Crippen LogP contribution in [0, 0.1) is 6.92 Å². The molecule has 0 saturated heterocycles. The van der Waals surface area contributed by atoms with E-state index < -0.39 is 22.0 Å². The van der Waals surface area contributed by atoms with Crippen LogP contribution in [0.15, 0.2) is 53.4 Å². The molecule has 1 N–H and O–H groups in total. The van der Waals surface area contributed by atoms with Crippen molar-refractivity contribution in [3.8, 4) is 0 Å². The number of esters is 1. The highest BCUT2D eigenvalue weighted by atomic mass is 35.5. The molecule has 7 heteroatoms. The van der Waals surface area contributed by atoms with E-state index in [1.807, 2.05) is 6.92 Å². The minimum absolute atomic E-state index is 0.0593. The Morgan fingerprint density at radius 3 is 2.30 bits per heavy atom. The van der Waals surface area contributed by atoms with E-state index in [1.54, 1.807) is 36.4 Å². The lowest BCUT2D eigenvalue weighted by molar-refractivity contribution is -0.142. The summed E-state index contributed by atoms with van der Waals surface area (Å²) in [4.78, 5) is 12.1. The summed E-state index contributed by atoms with van der Waals surface area (Å²) < 4.78 is 32.0. The fraction of sp³-hybridized carbons (Fsp3) is 0.188. The standard InChI is InChI=1S/C16H16ClNO4S/c1-11-7-9-12(10-8-11)23(20,21)18-15(16(19)22-2)13-5-3-4-6-14(13)17/h3-10,15,18H,1-2H3/t15-/m0/s1. The number of benzene rings is 2. The Bertz CT molecular complexity index is 803. The Labute approximate surface area is 140 Å². The molecule has 2 rings (SSSR count). The quantitative estimate of drug-likeness (QED) is 0.839. The summed E-state index contributed by atoms with van der Waals surface area (Å²) in [6.07, 6.45) is 0.